The molecule has 1 heterocycles. The van der Waals surface area contributed by atoms with Gasteiger partial charge in [-0.3, -0.25) is 0 Å². The molecule has 1 atom stereocenters. The van der Waals surface area contributed by atoms with Gasteiger partial charge in [-0.25, -0.2) is 4.79 Å². The smallest absolute Gasteiger partial charge is 0.319 e. The summed E-state index contributed by atoms with van der Waals surface area (Å²) in [6.07, 6.45) is 3.73. The Hall–Kier alpha value is -1.75. The maximum absolute atomic E-state index is 12.1. The molecule has 3 N–H and O–H groups in total. The minimum atomic E-state index is -0.496. The molecule has 0 saturated carbocycles. The molecule has 0 bridgehead atoms. The van der Waals surface area contributed by atoms with E-state index in [2.05, 4.69) is 29.4 Å². The predicted octanol–water partition coefficient (Wildman–Crippen LogP) is 3.21. The number of para-hydroxylation sites is 2. The lowest BCUT2D eigenvalue weighted by Crippen LogP contribution is -2.38. The number of carbonyl (C=O) groups is 1. The molecule has 23 heavy (non-hydrogen) atoms. The van der Waals surface area contributed by atoms with Gasteiger partial charge in [-0.15, -0.1) is 0 Å². The number of hydrogen-bond acceptors (Lipinski definition) is 3. The van der Waals surface area contributed by atoms with Crippen LogP contribution in [0.2, 0.25) is 0 Å². The van der Waals surface area contributed by atoms with E-state index < -0.39 is 6.10 Å². The first kappa shape index (κ1) is 17.6. The van der Waals surface area contributed by atoms with E-state index in [0.717, 1.165) is 37.3 Å². The molecule has 128 valence electrons. The van der Waals surface area contributed by atoms with Crippen LogP contribution in [-0.2, 0) is 0 Å². The Morgan fingerprint density at radius 2 is 1.87 bits per heavy atom. The van der Waals surface area contributed by atoms with Gasteiger partial charge in [0.1, 0.15) is 0 Å². The number of aliphatic hydroxyl groups excluding tert-OH is 1. The fourth-order valence-corrected chi connectivity index (χ4v) is 3.18. The molecule has 1 aliphatic heterocycles. The second-order valence-corrected chi connectivity index (χ2v) is 6.19. The molecule has 2 amide bonds. The average molecular weight is 319 g/mol. The third-order valence-electron chi connectivity index (χ3n) is 4.66. The number of urea groups is 1. The lowest BCUT2D eigenvalue weighted by atomic mass is 9.97. The Balaban J connectivity index is 1.90. The lowest BCUT2D eigenvalue weighted by molar-refractivity contribution is 0.104. The number of benzene rings is 1. The van der Waals surface area contributed by atoms with Gasteiger partial charge in [0, 0.05) is 19.6 Å². The van der Waals surface area contributed by atoms with Crippen molar-refractivity contribution in [2.45, 2.75) is 45.6 Å². The van der Waals surface area contributed by atoms with Crippen LogP contribution in [0, 0.1) is 5.92 Å². The first-order valence-corrected chi connectivity index (χ1v) is 8.72. The number of nitrogens with zero attached hydrogens (tertiary/aromatic N) is 1. The van der Waals surface area contributed by atoms with Crippen molar-refractivity contribution in [2.75, 3.05) is 29.9 Å². The number of carbonyl (C=O) groups excluding carboxylic acids is 1. The summed E-state index contributed by atoms with van der Waals surface area (Å²) >= 11 is 0. The van der Waals surface area contributed by atoms with Crippen LogP contribution in [0.4, 0.5) is 16.2 Å². The Morgan fingerprint density at radius 1 is 1.22 bits per heavy atom. The van der Waals surface area contributed by atoms with Crippen LogP contribution >= 0.6 is 0 Å². The predicted molar refractivity (Wildman–Crippen MR) is 95.0 cm³/mol. The van der Waals surface area contributed by atoms with Crippen molar-refractivity contribution in [1.29, 1.82) is 0 Å². The molecule has 5 nitrogen and oxygen atoms in total. The van der Waals surface area contributed by atoms with Crippen molar-refractivity contribution in [3.63, 3.8) is 0 Å². The molecule has 1 fully saturated rings. The van der Waals surface area contributed by atoms with Gasteiger partial charge in [-0.05, 0) is 30.9 Å². The topological polar surface area (TPSA) is 64.6 Å². The van der Waals surface area contributed by atoms with Crippen molar-refractivity contribution in [1.82, 2.24) is 5.32 Å². The van der Waals surface area contributed by atoms with Crippen molar-refractivity contribution in [2.24, 2.45) is 5.92 Å². The summed E-state index contributed by atoms with van der Waals surface area (Å²) in [6, 6.07) is 7.62. The molecule has 5 heteroatoms. The molecule has 1 saturated heterocycles. The normalized spacial score (nSPS) is 15.7. The Morgan fingerprint density at radius 3 is 2.52 bits per heavy atom. The summed E-state index contributed by atoms with van der Waals surface area (Å²) in [4.78, 5) is 14.4. The molecule has 0 aliphatic carbocycles. The molecule has 0 spiro atoms. The van der Waals surface area contributed by atoms with E-state index >= 15 is 0 Å². The molecular formula is C18H29N3O2. The molecule has 1 unspecified atom stereocenters. The second-order valence-electron chi connectivity index (χ2n) is 6.19. The van der Waals surface area contributed by atoms with E-state index in [0.29, 0.717) is 0 Å². The van der Waals surface area contributed by atoms with Crippen LogP contribution < -0.4 is 15.5 Å². The Labute approximate surface area is 139 Å². The van der Waals surface area contributed by atoms with Crippen LogP contribution in [0.1, 0.15) is 39.5 Å². The number of nitrogens with one attached hydrogen (secondary N) is 2. The summed E-state index contributed by atoms with van der Waals surface area (Å²) in [5.41, 5.74) is 1.89. The highest BCUT2D eigenvalue weighted by atomic mass is 16.3. The monoisotopic (exact) mass is 319 g/mol. The highest BCUT2D eigenvalue weighted by Crippen LogP contribution is 2.28. The Kier molecular flexibility index (Phi) is 6.71. The van der Waals surface area contributed by atoms with Gasteiger partial charge in [0.05, 0.1) is 17.5 Å². The van der Waals surface area contributed by atoms with Gasteiger partial charge in [-0.1, -0.05) is 38.8 Å². The largest absolute Gasteiger partial charge is 0.391 e. The van der Waals surface area contributed by atoms with E-state index in [-0.39, 0.29) is 18.5 Å². The van der Waals surface area contributed by atoms with Crippen molar-refractivity contribution in [3.05, 3.63) is 24.3 Å². The van der Waals surface area contributed by atoms with Crippen LogP contribution in [0.15, 0.2) is 24.3 Å². The standard InChI is InChI=1S/C18H29N3O2/c1-3-14(4-2)17(22)13-19-18(23)20-15-9-5-6-10-16(15)21-11-7-8-12-21/h5-6,9-10,14,17,22H,3-4,7-8,11-13H2,1-2H3,(H2,19,20,23). The van der Waals surface area contributed by atoms with E-state index in [1.807, 2.05) is 24.3 Å². The van der Waals surface area contributed by atoms with Crippen LogP contribution in [0.25, 0.3) is 0 Å². The van der Waals surface area contributed by atoms with Crippen LogP contribution in [0.5, 0.6) is 0 Å². The van der Waals surface area contributed by atoms with E-state index in [4.69, 9.17) is 0 Å². The number of rotatable bonds is 7. The molecule has 1 aromatic rings. The fraction of sp³-hybridized carbons (Fsp3) is 0.611. The van der Waals surface area contributed by atoms with Crippen LogP contribution in [0.3, 0.4) is 0 Å². The zero-order chi connectivity index (χ0) is 16.7. The molecule has 2 rings (SSSR count). The third-order valence-corrected chi connectivity index (χ3v) is 4.66. The van der Waals surface area contributed by atoms with Crippen molar-refractivity contribution >= 4 is 17.4 Å². The third kappa shape index (κ3) is 4.86. The highest BCUT2D eigenvalue weighted by Gasteiger charge is 2.18. The highest BCUT2D eigenvalue weighted by molar-refractivity contribution is 5.93. The molecule has 1 aromatic carbocycles. The van der Waals surface area contributed by atoms with Gasteiger partial charge in [0.2, 0.25) is 0 Å². The Bertz CT molecular complexity index is 497. The molecular weight excluding hydrogens is 290 g/mol. The quantitative estimate of drug-likeness (QED) is 0.723. The van der Waals surface area contributed by atoms with Crippen LogP contribution in [-0.4, -0.2) is 36.9 Å². The van der Waals surface area contributed by atoms with E-state index in [9.17, 15) is 9.90 Å². The van der Waals surface area contributed by atoms with E-state index in [1.54, 1.807) is 0 Å². The minimum absolute atomic E-state index is 0.229. The summed E-state index contributed by atoms with van der Waals surface area (Å²) in [6.45, 7) is 6.47. The summed E-state index contributed by atoms with van der Waals surface area (Å²) in [5.74, 6) is 0.229. The maximum atomic E-state index is 12.1. The number of aliphatic hydroxyl groups is 1. The number of amides is 2. The number of anilines is 2. The summed E-state index contributed by atoms with van der Waals surface area (Å²) in [7, 11) is 0. The zero-order valence-corrected chi connectivity index (χ0v) is 14.2. The van der Waals surface area contributed by atoms with Crippen molar-refractivity contribution in [3.8, 4) is 0 Å². The number of hydrogen-bond donors (Lipinski definition) is 3. The van der Waals surface area contributed by atoms with Gasteiger partial charge in [0.15, 0.2) is 0 Å². The molecule has 1 aliphatic rings. The van der Waals surface area contributed by atoms with Gasteiger partial charge >= 0.3 is 6.03 Å². The van der Waals surface area contributed by atoms with Gasteiger partial charge in [-0.2, -0.15) is 0 Å². The molecule has 0 radical (unpaired) electrons. The van der Waals surface area contributed by atoms with Crippen molar-refractivity contribution < 1.29 is 9.90 Å². The van der Waals surface area contributed by atoms with Gasteiger partial charge < -0.3 is 20.6 Å². The SMILES string of the molecule is CCC(CC)C(O)CNC(=O)Nc1ccccc1N1CCCC1. The second kappa shape index (κ2) is 8.77. The fourth-order valence-electron chi connectivity index (χ4n) is 3.18. The average Bonchev–Trinajstić information content (AvgIpc) is 3.09. The lowest BCUT2D eigenvalue weighted by Gasteiger charge is -2.23. The first-order chi connectivity index (χ1) is 11.2. The summed E-state index contributed by atoms with van der Waals surface area (Å²) < 4.78 is 0. The minimum Gasteiger partial charge on any atom is -0.391 e. The molecule has 0 aromatic heterocycles. The zero-order valence-electron chi connectivity index (χ0n) is 14.2. The maximum Gasteiger partial charge on any atom is 0.319 e. The van der Waals surface area contributed by atoms with E-state index in [1.165, 1.54) is 12.8 Å². The first-order valence-electron chi connectivity index (χ1n) is 8.72. The summed E-state index contributed by atoms with van der Waals surface area (Å²) in [5, 5.41) is 15.8. The van der Waals surface area contributed by atoms with Gasteiger partial charge in [0.25, 0.3) is 0 Å².